The average molecular weight is 339 g/mol. The largest absolute Gasteiger partial charge is 0.349 e. The summed E-state index contributed by atoms with van der Waals surface area (Å²) in [5, 5.41) is 2.82. The molecular weight excluding hydrogens is 321 g/mol. The van der Waals surface area contributed by atoms with Crippen molar-refractivity contribution >= 4 is 17.2 Å². The minimum Gasteiger partial charge on any atom is -0.349 e. The highest BCUT2D eigenvalue weighted by Crippen LogP contribution is 2.09. The molecule has 0 aliphatic carbocycles. The summed E-state index contributed by atoms with van der Waals surface area (Å²) in [4.78, 5) is 28.2. The summed E-state index contributed by atoms with van der Waals surface area (Å²) >= 11 is 0. The summed E-state index contributed by atoms with van der Waals surface area (Å²) in [6.45, 7) is 0.336. The summed E-state index contributed by atoms with van der Waals surface area (Å²) in [6.07, 6.45) is 4.61. The Morgan fingerprint density at radius 3 is 2.68 bits per heavy atom. The number of imidazole rings is 1. The molecule has 25 heavy (non-hydrogen) atoms. The molecule has 0 radical (unpaired) electrons. The molecule has 0 spiro atoms. The third kappa shape index (κ3) is 4.29. The molecule has 0 saturated heterocycles. The smallest absolute Gasteiger partial charge is 0.220 e. The number of rotatable bonds is 7. The van der Waals surface area contributed by atoms with Gasteiger partial charge in [0.15, 0.2) is 5.78 Å². The van der Waals surface area contributed by atoms with Crippen LogP contribution in [0.3, 0.4) is 0 Å². The van der Waals surface area contributed by atoms with E-state index in [4.69, 9.17) is 0 Å². The molecule has 6 heteroatoms. The normalized spacial score (nSPS) is 10.8. The maximum atomic E-state index is 12.8. The van der Waals surface area contributed by atoms with E-state index in [0.29, 0.717) is 18.5 Å². The molecule has 0 saturated carbocycles. The molecule has 128 valence electrons. The molecule has 0 aliphatic heterocycles. The van der Waals surface area contributed by atoms with Crippen LogP contribution in [0.1, 0.15) is 35.4 Å². The van der Waals surface area contributed by atoms with Gasteiger partial charge in [0, 0.05) is 24.6 Å². The monoisotopic (exact) mass is 339 g/mol. The minimum absolute atomic E-state index is 0.0907. The number of halogens is 1. The lowest BCUT2D eigenvalue weighted by atomic mass is 10.1. The highest BCUT2D eigenvalue weighted by molar-refractivity contribution is 5.96. The highest BCUT2D eigenvalue weighted by atomic mass is 19.1. The molecular formula is C19H18FN3O2. The van der Waals surface area contributed by atoms with Crippen LogP contribution in [0.2, 0.25) is 0 Å². The van der Waals surface area contributed by atoms with Crippen LogP contribution in [0.4, 0.5) is 4.39 Å². The number of ketones is 1. The van der Waals surface area contributed by atoms with Gasteiger partial charge in [-0.1, -0.05) is 6.07 Å². The van der Waals surface area contributed by atoms with Crippen molar-refractivity contribution in [2.45, 2.75) is 25.8 Å². The minimum atomic E-state index is -0.373. The number of benzene rings is 1. The predicted octanol–water partition coefficient (Wildman–Crippen LogP) is 3.14. The number of hydrogen-bond acceptors (Lipinski definition) is 3. The Bertz CT molecular complexity index is 887. The first-order valence-electron chi connectivity index (χ1n) is 8.10. The fraction of sp³-hybridized carbons (Fsp3) is 0.211. The standard InChI is InChI=1S/C19H18FN3O2/c20-15-9-7-14(8-10-15)17(24)5-3-6-19(25)22-13-18-21-12-16-4-1-2-11-23(16)18/h1-2,4,7-12H,3,5-6,13H2,(H,22,25). The maximum absolute atomic E-state index is 12.8. The summed E-state index contributed by atoms with van der Waals surface area (Å²) in [7, 11) is 0. The Morgan fingerprint density at radius 2 is 1.88 bits per heavy atom. The number of pyridine rings is 1. The average Bonchev–Trinajstić information content (AvgIpc) is 3.03. The van der Waals surface area contributed by atoms with E-state index >= 15 is 0 Å². The molecule has 0 fully saturated rings. The Balaban J connectivity index is 1.44. The van der Waals surface area contributed by atoms with Crippen LogP contribution < -0.4 is 5.32 Å². The van der Waals surface area contributed by atoms with Gasteiger partial charge in [0.2, 0.25) is 5.91 Å². The molecule has 2 aromatic heterocycles. The predicted molar refractivity (Wildman–Crippen MR) is 91.6 cm³/mol. The topological polar surface area (TPSA) is 63.5 Å². The molecule has 2 heterocycles. The molecule has 5 nitrogen and oxygen atoms in total. The van der Waals surface area contributed by atoms with Crippen molar-refractivity contribution in [2.75, 3.05) is 0 Å². The molecule has 1 amide bonds. The molecule has 1 N–H and O–H groups in total. The summed E-state index contributed by atoms with van der Waals surface area (Å²) in [5.74, 6) is 0.167. The van der Waals surface area contributed by atoms with E-state index < -0.39 is 0 Å². The van der Waals surface area contributed by atoms with Crippen LogP contribution in [0.15, 0.2) is 54.9 Å². The number of Topliss-reactive ketones (excluding diaryl/α,β-unsaturated/α-hetero) is 1. The van der Waals surface area contributed by atoms with Crippen LogP contribution >= 0.6 is 0 Å². The van der Waals surface area contributed by atoms with Crippen LogP contribution in [0.25, 0.3) is 5.52 Å². The number of amides is 1. The van der Waals surface area contributed by atoms with Gasteiger partial charge in [-0.05, 0) is 42.8 Å². The number of carbonyl (C=O) groups is 2. The maximum Gasteiger partial charge on any atom is 0.220 e. The van der Waals surface area contributed by atoms with E-state index in [2.05, 4.69) is 10.3 Å². The van der Waals surface area contributed by atoms with Gasteiger partial charge < -0.3 is 9.72 Å². The summed E-state index contributed by atoms with van der Waals surface area (Å²) < 4.78 is 14.8. The van der Waals surface area contributed by atoms with Crippen molar-refractivity contribution in [1.82, 2.24) is 14.7 Å². The first-order chi connectivity index (χ1) is 12.1. The van der Waals surface area contributed by atoms with Crippen molar-refractivity contribution in [3.8, 4) is 0 Å². The van der Waals surface area contributed by atoms with Gasteiger partial charge in [0.05, 0.1) is 18.3 Å². The molecule has 0 aliphatic rings. The van der Waals surface area contributed by atoms with Gasteiger partial charge in [0.25, 0.3) is 0 Å². The third-order valence-corrected chi connectivity index (χ3v) is 3.93. The van der Waals surface area contributed by atoms with Crippen molar-refractivity contribution in [3.05, 3.63) is 72.1 Å². The van der Waals surface area contributed by atoms with Crippen LogP contribution in [-0.2, 0) is 11.3 Å². The lowest BCUT2D eigenvalue weighted by molar-refractivity contribution is -0.121. The van der Waals surface area contributed by atoms with E-state index in [1.165, 1.54) is 24.3 Å². The Labute approximate surface area is 144 Å². The number of aromatic nitrogens is 2. The number of fused-ring (bicyclic) bond motifs is 1. The SMILES string of the molecule is O=C(CCCC(=O)c1ccc(F)cc1)NCc1ncc2ccccn12. The molecule has 3 aromatic rings. The Kier molecular flexibility index (Phi) is 5.18. The zero-order chi connectivity index (χ0) is 17.6. The molecule has 1 aromatic carbocycles. The second-order valence-corrected chi connectivity index (χ2v) is 5.73. The molecule has 0 unspecified atom stereocenters. The fourth-order valence-electron chi connectivity index (χ4n) is 2.59. The molecule has 0 atom stereocenters. The second-order valence-electron chi connectivity index (χ2n) is 5.73. The van der Waals surface area contributed by atoms with Crippen molar-refractivity contribution in [2.24, 2.45) is 0 Å². The molecule has 3 rings (SSSR count). The van der Waals surface area contributed by atoms with E-state index in [0.717, 1.165) is 11.3 Å². The van der Waals surface area contributed by atoms with Gasteiger partial charge in [-0.2, -0.15) is 0 Å². The van der Waals surface area contributed by atoms with E-state index in [1.807, 2.05) is 28.8 Å². The van der Waals surface area contributed by atoms with Gasteiger partial charge in [-0.15, -0.1) is 0 Å². The summed E-state index contributed by atoms with van der Waals surface area (Å²) in [5.41, 5.74) is 1.43. The quantitative estimate of drug-likeness (QED) is 0.673. The zero-order valence-electron chi connectivity index (χ0n) is 13.6. The van der Waals surface area contributed by atoms with Crippen LogP contribution in [0.5, 0.6) is 0 Å². The van der Waals surface area contributed by atoms with Crippen molar-refractivity contribution in [3.63, 3.8) is 0 Å². The molecule has 0 bridgehead atoms. The van der Waals surface area contributed by atoms with Gasteiger partial charge in [-0.3, -0.25) is 9.59 Å². The Hall–Kier alpha value is -3.02. The van der Waals surface area contributed by atoms with Gasteiger partial charge in [-0.25, -0.2) is 9.37 Å². The zero-order valence-corrected chi connectivity index (χ0v) is 13.6. The Morgan fingerprint density at radius 1 is 1.08 bits per heavy atom. The summed E-state index contributed by atoms with van der Waals surface area (Å²) in [6, 6.07) is 11.2. The number of carbonyl (C=O) groups excluding carboxylic acids is 2. The third-order valence-electron chi connectivity index (χ3n) is 3.93. The number of hydrogen-bond donors (Lipinski definition) is 1. The highest BCUT2D eigenvalue weighted by Gasteiger charge is 2.09. The van der Waals surface area contributed by atoms with Crippen molar-refractivity contribution in [1.29, 1.82) is 0 Å². The lowest BCUT2D eigenvalue weighted by Gasteiger charge is -2.05. The number of nitrogens with one attached hydrogen (secondary N) is 1. The first-order valence-corrected chi connectivity index (χ1v) is 8.10. The van der Waals surface area contributed by atoms with Crippen LogP contribution in [0, 0.1) is 5.82 Å². The van der Waals surface area contributed by atoms with Gasteiger partial charge >= 0.3 is 0 Å². The van der Waals surface area contributed by atoms with E-state index in [9.17, 15) is 14.0 Å². The van der Waals surface area contributed by atoms with E-state index in [1.54, 1.807) is 6.20 Å². The number of nitrogens with zero attached hydrogens (tertiary/aromatic N) is 2. The lowest BCUT2D eigenvalue weighted by Crippen LogP contribution is -2.23. The van der Waals surface area contributed by atoms with E-state index in [-0.39, 0.29) is 30.3 Å². The first kappa shape index (κ1) is 16.8. The van der Waals surface area contributed by atoms with Crippen LogP contribution in [-0.4, -0.2) is 21.1 Å². The fourth-order valence-corrected chi connectivity index (χ4v) is 2.59. The second kappa shape index (κ2) is 7.70. The van der Waals surface area contributed by atoms with Gasteiger partial charge in [0.1, 0.15) is 11.6 Å². The van der Waals surface area contributed by atoms with Crippen molar-refractivity contribution < 1.29 is 14.0 Å².